The summed E-state index contributed by atoms with van der Waals surface area (Å²) in [6.45, 7) is 1.93. The van der Waals surface area contributed by atoms with Crippen LogP contribution in [0.5, 0.6) is 5.75 Å². The molecule has 3 aromatic rings. The van der Waals surface area contributed by atoms with E-state index < -0.39 is 11.9 Å². The summed E-state index contributed by atoms with van der Waals surface area (Å²) < 4.78 is 46.9. The second-order valence-corrected chi connectivity index (χ2v) is 7.33. The predicted molar refractivity (Wildman–Crippen MR) is 102 cm³/mol. The molecule has 28 heavy (non-hydrogen) atoms. The van der Waals surface area contributed by atoms with Crippen molar-refractivity contribution in [3.05, 3.63) is 65.4 Å². The van der Waals surface area contributed by atoms with Gasteiger partial charge in [0.25, 0.3) is 0 Å². The number of aromatic nitrogens is 2. The van der Waals surface area contributed by atoms with Gasteiger partial charge in [-0.1, -0.05) is 17.7 Å². The first-order valence-electron chi connectivity index (χ1n) is 9.27. The van der Waals surface area contributed by atoms with E-state index in [1.807, 2.05) is 31.2 Å². The quantitative estimate of drug-likeness (QED) is 0.552. The van der Waals surface area contributed by atoms with Gasteiger partial charge in [0.15, 0.2) is 5.69 Å². The van der Waals surface area contributed by atoms with Crippen molar-refractivity contribution in [2.45, 2.75) is 32.4 Å². The number of hydrogen-bond donors (Lipinski definition) is 0. The van der Waals surface area contributed by atoms with E-state index in [1.54, 1.807) is 25.3 Å². The van der Waals surface area contributed by atoms with Crippen LogP contribution in [0.1, 0.15) is 29.7 Å². The van der Waals surface area contributed by atoms with Crippen molar-refractivity contribution in [2.75, 3.05) is 7.11 Å². The number of halogens is 3. The Hall–Kier alpha value is -2.76. The van der Waals surface area contributed by atoms with Gasteiger partial charge in [-0.2, -0.15) is 18.3 Å². The number of nitrogens with zero attached hydrogens (tertiary/aromatic N) is 2. The molecule has 1 aliphatic rings. The van der Waals surface area contributed by atoms with Crippen molar-refractivity contribution in [3.8, 4) is 22.7 Å². The molecule has 1 heterocycles. The van der Waals surface area contributed by atoms with Crippen LogP contribution >= 0.6 is 0 Å². The first-order chi connectivity index (χ1) is 13.3. The normalized spacial score (nSPS) is 14.3. The Labute approximate surface area is 161 Å². The number of ether oxygens (including phenoxy) is 1. The zero-order valence-corrected chi connectivity index (χ0v) is 15.8. The van der Waals surface area contributed by atoms with Crippen molar-refractivity contribution in [1.82, 2.24) is 9.78 Å². The number of aryl methyl sites for hydroxylation is 1. The molecule has 1 saturated carbocycles. The van der Waals surface area contributed by atoms with Crippen molar-refractivity contribution in [3.63, 3.8) is 0 Å². The van der Waals surface area contributed by atoms with Crippen LogP contribution in [0, 0.1) is 12.8 Å². The Morgan fingerprint density at radius 3 is 2.39 bits per heavy atom. The van der Waals surface area contributed by atoms with Crippen LogP contribution in [-0.4, -0.2) is 16.9 Å². The molecule has 0 aliphatic heterocycles. The minimum Gasteiger partial charge on any atom is -0.496 e. The standard InChI is InChI=1S/C22H21F3N2O/c1-14-3-8-18(9-4-14)27-19(13-21(26-27)22(23,24)25)16-7-10-20(28-2)17(12-16)11-15-5-6-15/h3-4,7-10,12-13,15H,5-6,11H2,1-2H3. The van der Waals surface area contributed by atoms with Crippen LogP contribution in [0.15, 0.2) is 48.5 Å². The summed E-state index contributed by atoms with van der Waals surface area (Å²) in [5, 5.41) is 3.86. The number of alkyl halides is 3. The number of methoxy groups -OCH3 is 1. The lowest BCUT2D eigenvalue weighted by Gasteiger charge is -2.12. The topological polar surface area (TPSA) is 27.1 Å². The fourth-order valence-corrected chi connectivity index (χ4v) is 3.34. The summed E-state index contributed by atoms with van der Waals surface area (Å²) in [6.07, 6.45) is -1.25. The maximum absolute atomic E-state index is 13.4. The molecule has 3 nitrogen and oxygen atoms in total. The van der Waals surface area contributed by atoms with Gasteiger partial charge in [-0.3, -0.25) is 0 Å². The van der Waals surface area contributed by atoms with Crippen molar-refractivity contribution < 1.29 is 17.9 Å². The smallest absolute Gasteiger partial charge is 0.435 e. The Morgan fingerprint density at radius 2 is 1.79 bits per heavy atom. The third-order valence-electron chi connectivity index (χ3n) is 5.06. The van der Waals surface area contributed by atoms with Gasteiger partial charge in [0.05, 0.1) is 18.5 Å². The van der Waals surface area contributed by atoms with E-state index >= 15 is 0 Å². The minimum absolute atomic E-state index is 0.413. The van der Waals surface area contributed by atoms with E-state index in [-0.39, 0.29) is 0 Å². The Balaban J connectivity index is 1.83. The van der Waals surface area contributed by atoms with Gasteiger partial charge >= 0.3 is 6.18 Å². The van der Waals surface area contributed by atoms with E-state index in [0.29, 0.717) is 22.9 Å². The fourth-order valence-electron chi connectivity index (χ4n) is 3.34. The molecule has 0 N–H and O–H groups in total. The molecule has 1 aromatic heterocycles. The van der Waals surface area contributed by atoms with Crippen molar-refractivity contribution in [2.24, 2.45) is 5.92 Å². The molecular weight excluding hydrogens is 365 g/mol. The van der Waals surface area contributed by atoms with Crippen LogP contribution in [-0.2, 0) is 12.6 Å². The molecule has 0 atom stereocenters. The van der Waals surface area contributed by atoms with Crippen LogP contribution < -0.4 is 4.74 Å². The molecule has 4 rings (SSSR count). The largest absolute Gasteiger partial charge is 0.496 e. The number of rotatable bonds is 5. The maximum Gasteiger partial charge on any atom is 0.435 e. The monoisotopic (exact) mass is 386 g/mol. The molecule has 0 unspecified atom stereocenters. The van der Waals surface area contributed by atoms with E-state index in [1.165, 1.54) is 17.5 Å². The van der Waals surface area contributed by atoms with E-state index in [0.717, 1.165) is 29.4 Å². The molecule has 0 radical (unpaired) electrons. The van der Waals surface area contributed by atoms with Gasteiger partial charge in [0.2, 0.25) is 0 Å². The summed E-state index contributed by atoms with van der Waals surface area (Å²) in [7, 11) is 1.61. The molecule has 0 bridgehead atoms. The van der Waals surface area contributed by atoms with Crippen LogP contribution in [0.3, 0.4) is 0 Å². The van der Waals surface area contributed by atoms with Gasteiger partial charge in [0.1, 0.15) is 5.75 Å². The average Bonchev–Trinajstić information content (AvgIpc) is 3.35. The summed E-state index contributed by atoms with van der Waals surface area (Å²) in [6, 6.07) is 13.9. The SMILES string of the molecule is COc1ccc(-c2cc(C(F)(F)F)nn2-c2ccc(C)cc2)cc1CC1CC1. The Kier molecular flexibility index (Phi) is 4.65. The van der Waals surface area contributed by atoms with Crippen molar-refractivity contribution >= 4 is 0 Å². The zero-order chi connectivity index (χ0) is 19.9. The van der Waals surface area contributed by atoms with E-state index in [2.05, 4.69) is 5.10 Å². The fraction of sp³-hybridized carbons (Fsp3) is 0.318. The van der Waals surface area contributed by atoms with E-state index in [9.17, 15) is 13.2 Å². The first-order valence-corrected chi connectivity index (χ1v) is 9.27. The Bertz CT molecular complexity index is 986. The van der Waals surface area contributed by atoms with E-state index in [4.69, 9.17) is 4.74 Å². The lowest BCUT2D eigenvalue weighted by molar-refractivity contribution is -0.141. The van der Waals surface area contributed by atoms with Crippen molar-refractivity contribution in [1.29, 1.82) is 0 Å². The molecular formula is C22H21F3N2O. The highest BCUT2D eigenvalue weighted by Gasteiger charge is 2.35. The van der Waals surface area contributed by atoms with Gasteiger partial charge in [-0.15, -0.1) is 0 Å². The molecule has 1 fully saturated rings. The lowest BCUT2D eigenvalue weighted by Crippen LogP contribution is -2.07. The molecule has 0 saturated heterocycles. The van der Waals surface area contributed by atoms with Gasteiger partial charge < -0.3 is 4.74 Å². The van der Waals surface area contributed by atoms with Gasteiger partial charge in [-0.05, 0) is 74.1 Å². The second kappa shape index (κ2) is 7.00. The molecule has 2 aromatic carbocycles. The summed E-state index contributed by atoms with van der Waals surface area (Å²) >= 11 is 0. The summed E-state index contributed by atoms with van der Waals surface area (Å²) in [5.74, 6) is 1.41. The maximum atomic E-state index is 13.4. The molecule has 146 valence electrons. The Morgan fingerprint density at radius 1 is 1.07 bits per heavy atom. The van der Waals surface area contributed by atoms with Crippen LogP contribution in [0.4, 0.5) is 13.2 Å². The molecule has 6 heteroatoms. The molecule has 0 spiro atoms. The summed E-state index contributed by atoms with van der Waals surface area (Å²) in [4.78, 5) is 0. The highest BCUT2D eigenvalue weighted by atomic mass is 19.4. The first kappa shape index (κ1) is 18.6. The highest BCUT2D eigenvalue weighted by molar-refractivity contribution is 5.65. The molecule has 1 aliphatic carbocycles. The second-order valence-electron chi connectivity index (χ2n) is 7.33. The van der Waals surface area contributed by atoms with Crippen LogP contribution in [0.25, 0.3) is 16.9 Å². The number of benzene rings is 2. The van der Waals surface area contributed by atoms with Gasteiger partial charge in [-0.25, -0.2) is 4.68 Å². The average molecular weight is 386 g/mol. The molecule has 0 amide bonds. The summed E-state index contributed by atoms with van der Waals surface area (Å²) in [5.41, 5.74) is 2.85. The lowest BCUT2D eigenvalue weighted by atomic mass is 10.0. The zero-order valence-electron chi connectivity index (χ0n) is 15.8. The highest BCUT2D eigenvalue weighted by Crippen LogP contribution is 2.38. The third kappa shape index (κ3) is 3.77. The predicted octanol–water partition coefficient (Wildman–Crippen LogP) is 5.83. The number of hydrogen-bond acceptors (Lipinski definition) is 2. The minimum atomic E-state index is -4.51. The third-order valence-corrected chi connectivity index (χ3v) is 5.06. The van der Waals surface area contributed by atoms with Crippen LogP contribution in [0.2, 0.25) is 0 Å². The van der Waals surface area contributed by atoms with Gasteiger partial charge in [0, 0.05) is 5.56 Å².